The number of rotatable bonds is 7. The number of anilines is 3. The molecule has 188 valence electrons. The minimum Gasteiger partial charge on any atom is -0.328 e. The second-order valence-electron chi connectivity index (χ2n) is 9.50. The molecule has 5 rings (SSSR count). The second kappa shape index (κ2) is 9.91. The highest BCUT2D eigenvalue weighted by molar-refractivity contribution is 7.92. The fraction of sp³-hybridized carbons (Fsp3) is 0.333. The highest BCUT2D eigenvalue weighted by Crippen LogP contribution is 2.30. The van der Waals surface area contributed by atoms with E-state index in [0.717, 1.165) is 35.4 Å². The van der Waals surface area contributed by atoms with Crippen molar-refractivity contribution in [1.29, 1.82) is 0 Å². The molecule has 2 N–H and O–H groups in total. The molecular formula is C27H32N6O2S. The average molecular weight is 505 g/mol. The number of para-hydroxylation sites is 1. The van der Waals surface area contributed by atoms with Crippen LogP contribution in [0.25, 0.3) is 11.0 Å². The SMILES string of the molecule is Cc1cc(Nc2ncc3ccn(Cc4ccccc4N(C)S(C)(=O)=O)c3n2)ccc1C1CCNCC1. The van der Waals surface area contributed by atoms with Gasteiger partial charge in [0.1, 0.15) is 5.65 Å². The first-order chi connectivity index (χ1) is 17.3. The standard InChI is InChI=1S/C27H32N6O2S/c1-19-16-23(8-9-24(19)20-10-13-28-14-11-20)30-27-29-17-21-12-15-33(26(21)31-27)18-22-6-4-5-7-25(22)32(2)36(3,34)35/h4-9,12,15-17,20,28H,10-11,13-14,18H2,1-3H3,(H,29,30,31). The van der Waals surface area contributed by atoms with E-state index in [0.29, 0.717) is 24.1 Å². The van der Waals surface area contributed by atoms with Crippen molar-refractivity contribution in [3.05, 3.63) is 77.6 Å². The van der Waals surface area contributed by atoms with Crippen LogP contribution >= 0.6 is 0 Å². The minimum atomic E-state index is -3.37. The average Bonchev–Trinajstić information content (AvgIpc) is 3.26. The van der Waals surface area contributed by atoms with Gasteiger partial charge in [0.2, 0.25) is 16.0 Å². The second-order valence-corrected chi connectivity index (χ2v) is 11.5. The van der Waals surface area contributed by atoms with Crippen LogP contribution in [0.3, 0.4) is 0 Å². The van der Waals surface area contributed by atoms with E-state index in [1.54, 1.807) is 7.05 Å². The predicted molar refractivity (Wildman–Crippen MR) is 146 cm³/mol. The molecule has 0 spiro atoms. The number of fused-ring (bicyclic) bond motifs is 1. The number of aromatic nitrogens is 3. The lowest BCUT2D eigenvalue weighted by Crippen LogP contribution is -2.26. The largest absolute Gasteiger partial charge is 0.328 e. The highest BCUT2D eigenvalue weighted by atomic mass is 32.2. The number of nitrogens with one attached hydrogen (secondary N) is 2. The van der Waals surface area contributed by atoms with E-state index in [9.17, 15) is 8.42 Å². The van der Waals surface area contributed by atoms with Crippen LogP contribution in [0.15, 0.2) is 60.9 Å². The Morgan fingerprint density at radius 2 is 1.92 bits per heavy atom. The number of aryl methyl sites for hydroxylation is 1. The maximum absolute atomic E-state index is 12.1. The third-order valence-corrected chi connectivity index (χ3v) is 8.17. The quantitative estimate of drug-likeness (QED) is 0.388. The topological polar surface area (TPSA) is 92.2 Å². The number of benzene rings is 2. The summed E-state index contributed by atoms with van der Waals surface area (Å²) < 4.78 is 27.6. The summed E-state index contributed by atoms with van der Waals surface area (Å²) in [5, 5.41) is 7.72. The Bertz CT molecular complexity index is 1490. The summed E-state index contributed by atoms with van der Waals surface area (Å²) in [6, 6.07) is 16.0. The van der Waals surface area contributed by atoms with E-state index in [1.165, 1.54) is 34.5 Å². The van der Waals surface area contributed by atoms with Gasteiger partial charge in [-0.1, -0.05) is 24.3 Å². The molecule has 0 bridgehead atoms. The smallest absolute Gasteiger partial charge is 0.232 e. The summed E-state index contributed by atoms with van der Waals surface area (Å²) in [6.45, 7) is 4.81. The van der Waals surface area contributed by atoms with Gasteiger partial charge in [0.15, 0.2) is 0 Å². The summed E-state index contributed by atoms with van der Waals surface area (Å²) in [5.41, 5.74) is 5.99. The van der Waals surface area contributed by atoms with E-state index >= 15 is 0 Å². The van der Waals surface area contributed by atoms with Crippen molar-refractivity contribution in [1.82, 2.24) is 19.9 Å². The third kappa shape index (κ3) is 5.08. The van der Waals surface area contributed by atoms with Gasteiger partial charge in [-0.05, 0) is 79.7 Å². The van der Waals surface area contributed by atoms with Crippen molar-refractivity contribution in [2.24, 2.45) is 0 Å². The zero-order valence-electron chi connectivity index (χ0n) is 20.9. The van der Waals surface area contributed by atoms with Crippen LogP contribution in [-0.4, -0.2) is 49.3 Å². The van der Waals surface area contributed by atoms with Crippen molar-refractivity contribution in [3.8, 4) is 0 Å². The van der Waals surface area contributed by atoms with Crippen molar-refractivity contribution >= 4 is 38.4 Å². The summed E-state index contributed by atoms with van der Waals surface area (Å²) in [7, 11) is -1.80. The van der Waals surface area contributed by atoms with Gasteiger partial charge in [0.25, 0.3) is 0 Å². The van der Waals surface area contributed by atoms with Crippen molar-refractivity contribution in [2.75, 3.05) is 36.0 Å². The number of nitrogens with zero attached hydrogens (tertiary/aromatic N) is 4. The first kappa shape index (κ1) is 24.3. The monoisotopic (exact) mass is 504 g/mol. The molecule has 1 fully saturated rings. The molecule has 0 amide bonds. The van der Waals surface area contributed by atoms with Gasteiger partial charge in [-0.25, -0.2) is 13.4 Å². The Morgan fingerprint density at radius 1 is 1.14 bits per heavy atom. The first-order valence-electron chi connectivity index (χ1n) is 12.2. The molecule has 8 nitrogen and oxygen atoms in total. The fourth-order valence-electron chi connectivity index (χ4n) is 4.95. The normalized spacial score (nSPS) is 14.8. The fourth-order valence-corrected chi connectivity index (χ4v) is 5.48. The highest BCUT2D eigenvalue weighted by Gasteiger charge is 2.18. The van der Waals surface area contributed by atoms with Crippen LogP contribution < -0.4 is 14.9 Å². The third-order valence-electron chi connectivity index (χ3n) is 6.98. The maximum atomic E-state index is 12.1. The van der Waals surface area contributed by atoms with Gasteiger partial charge in [-0.3, -0.25) is 4.31 Å². The molecule has 0 aliphatic carbocycles. The van der Waals surface area contributed by atoms with Crippen LogP contribution in [-0.2, 0) is 16.6 Å². The number of sulfonamides is 1. The lowest BCUT2D eigenvalue weighted by Gasteiger charge is -2.24. The van der Waals surface area contributed by atoms with E-state index in [1.807, 2.05) is 47.3 Å². The molecule has 0 unspecified atom stereocenters. The van der Waals surface area contributed by atoms with E-state index in [2.05, 4.69) is 40.7 Å². The summed E-state index contributed by atoms with van der Waals surface area (Å²) in [4.78, 5) is 9.30. The molecule has 0 radical (unpaired) electrons. The summed E-state index contributed by atoms with van der Waals surface area (Å²) in [5.74, 6) is 1.14. The predicted octanol–water partition coefficient (Wildman–Crippen LogP) is 4.39. The van der Waals surface area contributed by atoms with E-state index < -0.39 is 10.0 Å². The number of hydrogen-bond donors (Lipinski definition) is 2. The Labute approximate surface area is 212 Å². The molecule has 9 heteroatoms. The number of hydrogen-bond acceptors (Lipinski definition) is 6. The molecule has 3 heterocycles. The van der Waals surface area contributed by atoms with Crippen molar-refractivity contribution < 1.29 is 8.42 Å². The molecule has 36 heavy (non-hydrogen) atoms. The molecule has 1 aliphatic heterocycles. The Kier molecular flexibility index (Phi) is 6.68. The lowest BCUT2D eigenvalue weighted by molar-refractivity contribution is 0.459. The van der Waals surface area contributed by atoms with Gasteiger partial charge in [0, 0.05) is 30.5 Å². The van der Waals surface area contributed by atoms with Gasteiger partial charge in [-0.2, -0.15) is 4.98 Å². The van der Waals surface area contributed by atoms with E-state index in [4.69, 9.17) is 4.98 Å². The van der Waals surface area contributed by atoms with Crippen molar-refractivity contribution in [2.45, 2.75) is 32.2 Å². The molecule has 4 aromatic rings. The Morgan fingerprint density at radius 3 is 2.67 bits per heavy atom. The van der Waals surface area contributed by atoms with Gasteiger partial charge < -0.3 is 15.2 Å². The maximum Gasteiger partial charge on any atom is 0.232 e. The van der Waals surface area contributed by atoms with E-state index in [-0.39, 0.29) is 0 Å². The van der Waals surface area contributed by atoms with Crippen LogP contribution in [0.1, 0.15) is 35.4 Å². The zero-order chi connectivity index (χ0) is 25.3. The van der Waals surface area contributed by atoms with Crippen LogP contribution in [0, 0.1) is 6.92 Å². The van der Waals surface area contributed by atoms with Crippen molar-refractivity contribution in [3.63, 3.8) is 0 Å². The van der Waals surface area contributed by atoms with Gasteiger partial charge in [-0.15, -0.1) is 0 Å². The molecule has 2 aromatic carbocycles. The van der Waals surface area contributed by atoms with Gasteiger partial charge >= 0.3 is 0 Å². The minimum absolute atomic E-state index is 0.486. The molecular weight excluding hydrogens is 472 g/mol. The Balaban J connectivity index is 1.40. The Hall–Kier alpha value is -3.43. The van der Waals surface area contributed by atoms with Gasteiger partial charge in [0.05, 0.1) is 18.5 Å². The molecule has 2 aromatic heterocycles. The number of piperidine rings is 1. The molecule has 0 saturated carbocycles. The van der Waals surface area contributed by atoms with Crippen LogP contribution in [0.2, 0.25) is 0 Å². The first-order valence-corrected chi connectivity index (χ1v) is 14.1. The zero-order valence-corrected chi connectivity index (χ0v) is 21.7. The summed E-state index contributed by atoms with van der Waals surface area (Å²) in [6.07, 6.45) is 7.33. The lowest BCUT2D eigenvalue weighted by atomic mass is 9.87. The van der Waals surface area contributed by atoms with Crippen LogP contribution in [0.4, 0.5) is 17.3 Å². The molecule has 0 atom stereocenters. The molecule has 1 saturated heterocycles. The molecule has 1 aliphatic rings. The summed E-state index contributed by atoms with van der Waals surface area (Å²) >= 11 is 0. The van der Waals surface area contributed by atoms with Crippen LogP contribution in [0.5, 0.6) is 0 Å².